The lowest BCUT2D eigenvalue weighted by atomic mass is 10.2. The topological polar surface area (TPSA) is 60.5 Å². The van der Waals surface area contributed by atoms with E-state index in [1.807, 2.05) is 13.8 Å². The second-order valence-corrected chi connectivity index (χ2v) is 6.76. The van der Waals surface area contributed by atoms with E-state index in [1.54, 1.807) is 35.7 Å². The van der Waals surface area contributed by atoms with Crippen LogP contribution in [0.15, 0.2) is 47.8 Å². The summed E-state index contributed by atoms with van der Waals surface area (Å²) in [6.45, 7) is 4.79. The summed E-state index contributed by atoms with van der Waals surface area (Å²) in [5.41, 5.74) is 1.87. The van der Waals surface area contributed by atoms with Crippen LogP contribution in [0.2, 0.25) is 0 Å². The van der Waals surface area contributed by atoms with E-state index in [4.69, 9.17) is 9.47 Å². The van der Waals surface area contributed by atoms with Crippen molar-refractivity contribution in [2.24, 2.45) is 0 Å². The van der Waals surface area contributed by atoms with E-state index in [9.17, 15) is 9.18 Å². The van der Waals surface area contributed by atoms with E-state index in [0.29, 0.717) is 46.7 Å². The highest BCUT2D eigenvalue weighted by Gasteiger charge is 2.13. The number of amides is 1. The molecule has 7 heteroatoms. The maximum Gasteiger partial charge on any atom is 0.230 e. The number of halogens is 1. The molecule has 2 aromatic carbocycles. The average Bonchev–Trinajstić information content (AvgIpc) is 3.12. The molecular weight excluding hydrogens is 379 g/mol. The zero-order valence-corrected chi connectivity index (χ0v) is 16.5. The number of hydrogen-bond donors (Lipinski definition) is 1. The first-order chi connectivity index (χ1) is 13.6. The molecule has 1 heterocycles. The van der Waals surface area contributed by atoms with Crippen LogP contribution in [0.3, 0.4) is 0 Å². The molecule has 3 aromatic rings. The Balaban J connectivity index is 1.71. The lowest BCUT2D eigenvalue weighted by Crippen LogP contribution is -2.15. The van der Waals surface area contributed by atoms with Gasteiger partial charge < -0.3 is 14.8 Å². The number of thiazole rings is 1. The molecule has 1 aromatic heterocycles. The molecule has 1 N–H and O–H groups in total. The van der Waals surface area contributed by atoms with Crippen LogP contribution < -0.4 is 14.8 Å². The Morgan fingerprint density at radius 2 is 1.96 bits per heavy atom. The van der Waals surface area contributed by atoms with E-state index in [2.05, 4.69) is 10.3 Å². The van der Waals surface area contributed by atoms with Gasteiger partial charge in [0, 0.05) is 17.0 Å². The van der Waals surface area contributed by atoms with Crippen molar-refractivity contribution >= 4 is 22.9 Å². The third-order valence-corrected chi connectivity index (χ3v) is 4.74. The molecule has 3 rings (SSSR count). The lowest BCUT2D eigenvalue weighted by molar-refractivity contribution is -0.115. The van der Waals surface area contributed by atoms with Crippen molar-refractivity contribution in [1.82, 2.24) is 4.98 Å². The molecule has 0 radical (unpaired) electrons. The van der Waals surface area contributed by atoms with Gasteiger partial charge in [0.15, 0.2) is 0 Å². The van der Waals surface area contributed by atoms with Gasteiger partial charge in [-0.2, -0.15) is 0 Å². The highest BCUT2D eigenvalue weighted by atomic mass is 32.1. The minimum Gasteiger partial charge on any atom is -0.494 e. The number of anilines is 1. The van der Waals surface area contributed by atoms with Crippen LogP contribution in [0.1, 0.15) is 19.5 Å². The Labute approximate surface area is 167 Å². The molecule has 0 unspecified atom stereocenters. The Morgan fingerprint density at radius 3 is 2.71 bits per heavy atom. The van der Waals surface area contributed by atoms with Crippen molar-refractivity contribution in [3.8, 4) is 22.1 Å². The van der Waals surface area contributed by atoms with Crippen molar-refractivity contribution in [2.45, 2.75) is 20.3 Å². The molecule has 146 valence electrons. The Bertz CT molecular complexity index is 958. The first-order valence-electron chi connectivity index (χ1n) is 8.99. The van der Waals surface area contributed by atoms with Gasteiger partial charge in [-0.25, -0.2) is 9.37 Å². The molecule has 0 fully saturated rings. The number of carbonyl (C=O) groups excluding carboxylic acids is 1. The quantitative estimate of drug-likeness (QED) is 0.583. The Kier molecular flexibility index (Phi) is 6.60. The van der Waals surface area contributed by atoms with Crippen LogP contribution >= 0.6 is 11.3 Å². The van der Waals surface area contributed by atoms with Gasteiger partial charge in [-0.1, -0.05) is 12.1 Å². The maximum atomic E-state index is 13.4. The zero-order chi connectivity index (χ0) is 19.9. The third kappa shape index (κ3) is 5.07. The second-order valence-electron chi connectivity index (χ2n) is 5.90. The van der Waals surface area contributed by atoms with Gasteiger partial charge in [0.2, 0.25) is 5.91 Å². The molecule has 5 nitrogen and oxygen atoms in total. The Hall–Kier alpha value is -2.93. The highest BCUT2D eigenvalue weighted by Crippen LogP contribution is 2.30. The molecule has 28 heavy (non-hydrogen) atoms. The first-order valence-corrected chi connectivity index (χ1v) is 9.86. The fourth-order valence-corrected chi connectivity index (χ4v) is 3.46. The van der Waals surface area contributed by atoms with Crippen molar-refractivity contribution in [3.63, 3.8) is 0 Å². The summed E-state index contributed by atoms with van der Waals surface area (Å²) in [5, 5.41) is 5.34. The molecule has 0 atom stereocenters. The van der Waals surface area contributed by atoms with Gasteiger partial charge in [0.25, 0.3) is 0 Å². The highest BCUT2D eigenvalue weighted by molar-refractivity contribution is 7.13. The first kappa shape index (κ1) is 19.8. The van der Waals surface area contributed by atoms with Gasteiger partial charge in [-0.05, 0) is 38.1 Å². The van der Waals surface area contributed by atoms with Crippen molar-refractivity contribution in [1.29, 1.82) is 0 Å². The van der Waals surface area contributed by atoms with Gasteiger partial charge in [-0.15, -0.1) is 11.3 Å². The van der Waals surface area contributed by atoms with Crippen molar-refractivity contribution in [3.05, 3.63) is 59.4 Å². The molecule has 0 saturated heterocycles. The van der Waals surface area contributed by atoms with Crippen LogP contribution in [0, 0.1) is 5.82 Å². The van der Waals surface area contributed by atoms with E-state index in [0.717, 1.165) is 0 Å². The van der Waals surface area contributed by atoms with Gasteiger partial charge in [0.05, 0.1) is 31.0 Å². The van der Waals surface area contributed by atoms with Crippen LogP contribution in [-0.4, -0.2) is 24.1 Å². The van der Waals surface area contributed by atoms with Crippen LogP contribution in [0.25, 0.3) is 10.6 Å². The Morgan fingerprint density at radius 1 is 1.14 bits per heavy atom. The number of nitrogens with one attached hydrogen (secondary N) is 1. The number of ether oxygens (including phenoxy) is 2. The van der Waals surface area contributed by atoms with Gasteiger partial charge in [-0.3, -0.25) is 4.79 Å². The molecule has 0 spiro atoms. The van der Waals surface area contributed by atoms with Gasteiger partial charge >= 0.3 is 0 Å². The number of benzene rings is 2. The fourth-order valence-electron chi connectivity index (χ4n) is 2.65. The standard InChI is InChI=1S/C21H21FN2O3S/c1-3-26-17-8-9-19(27-4-2)18(12-17)24-20(25)11-16-13-28-21(23-16)14-6-5-7-15(22)10-14/h5-10,12-13H,3-4,11H2,1-2H3,(H,24,25). The summed E-state index contributed by atoms with van der Waals surface area (Å²) in [7, 11) is 0. The molecule has 0 aliphatic rings. The minimum absolute atomic E-state index is 0.107. The normalized spacial score (nSPS) is 10.5. The van der Waals surface area contributed by atoms with Crippen LogP contribution in [0.4, 0.5) is 10.1 Å². The van der Waals surface area contributed by atoms with E-state index in [-0.39, 0.29) is 18.1 Å². The molecule has 1 amide bonds. The number of carbonyl (C=O) groups is 1. The lowest BCUT2D eigenvalue weighted by Gasteiger charge is -2.13. The van der Waals surface area contributed by atoms with Gasteiger partial charge in [0.1, 0.15) is 22.3 Å². The molecular formula is C21H21FN2O3S. The van der Waals surface area contributed by atoms with E-state index >= 15 is 0 Å². The average molecular weight is 400 g/mol. The van der Waals surface area contributed by atoms with Crippen LogP contribution in [0.5, 0.6) is 11.5 Å². The molecule has 0 aliphatic heterocycles. The predicted octanol–water partition coefficient (Wildman–Crippen LogP) is 4.93. The number of hydrogen-bond acceptors (Lipinski definition) is 5. The number of rotatable bonds is 8. The second kappa shape index (κ2) is 9.32. The van der Waals surface area contributed by atoms with Crippen molar-refractivity contribution < 1.29 is 18.7 Å². The summed E-state index contributed by atoms with van der Waals surface area (Å²) in [4.78, 5) is 16.9. The third-order valence-electron chi connectivity index (χ3n) is 3.80. The van der Waals surface area contributed by atoms with Crippen molar-refractivity contribution in [2.75, 3.05) is 18.5 Å². The maximum absolute atomic E-state index is 13.4. The number of nitrogens with zero attached hydrogens (tertiary/aromatic N) is 1. The molecule has 0 saturated carbocycles. The predicted molar refractivity (Wildman–Crippen MR) is 109 cm³/mol. The summed E-state index contributed by atoms with van der Waals surface area (Å²) in [5.74, 6) is 0.705. The SMILES string of the molecule is CCOc1ccc(OCC)c(NC(=O)Cc2csc(-c3cccc(F)c3)n2)c1. The monoisotopic (exact) mass is 400 g/mol. The summed E-state index contributed by atoms with van der Waals surface area (Å²) in [6.07, 6.45) is 0.107. The summed E-state index contributed by atoms with van der Waals surface area (Å²) >= 11 is 1.38. The van der Waals surface area contributed by atoms with E-state index in [1.165, 1.54) is 23.5 Å². The number of aromatic nitrogens is 1. The molecule has 0 bridgehead atoms. The largest absolute Gasteiger partial charge is 0.494 e. The van der Waals surface area contributed by atoms with Crippen LogP contribution in [-0.2, 0) is 11.2 Å². The summed E-state index contributed by atoms with van der Waals surface area (Å²) < 4.78 is 24.5. The smallest absolute Gasteiger partial charge is 0.230 e. The minimum atomic E-state index is -0.315. The fraction of sp³-hybridized carbons (Fsp3) is 0.238. The summed E-state index contributed by atoms with van der Waals surface area (Å²) in [6, 6.07) is 11.6. The molecule has 0 aliphatic carbocycles. The van der Waals surface area contributed by atoms with E-state index < -0.39 is 0 Å². The zero-order valence-electron chi connectivity index (χ0n) is 15.7.